The van der Waals surface area contributed by atoms with Crippen LogP contribution in [0.1, 0.15) is 18.1 Å². The Hall–Kier alpha value is -3.78. The standard InChI is InChI=1S/C26H26N4O3S/c1-3-30-22-12-8-7-11-21(22)28-26(30)34-18-25(31)29-27-16-20-13-14-23(24(15-20)32-2)33-17-19-9-5-4-6-10-19/h4-16H,3,17-18H2,1-2H3,(H,29,31)/b27-16+. The minimum Gasteiger partial charge on any atom is -0.493 e. The Balaban J connectivity index is 1.31. The molecule has 0 aliphatic rings. The number of rotatable bonds is 10. The number of carbonyl (C=O) groups is 1. The topological polar surface area (TPSA) is 77.7 Å². The molecule has 8 heteroatoms. The molecule has 3 aromatic carbocycles. The Kier molecular flexibility index (Phi) is 7.83. The van der Waals surface area contributed by atoms with Gasteiger partial charge in [-0.15, -0.1) is 0 Å². The number of aryl methyl sites for hydroxylation is 1. The molecular weight excluding hydrogens is 448 g/mol. The molecule has 0 atom stereocenters. The van der Waals surface area contributed by atoms with Gasteiger partial charge in [0.05, 0.1) is 30.1 Å². The summed E-state index contributed by atoms with van der Waals surface area (Å²) >= 11 is 1.39. The van der Waals surface area contributed by atoms with E-state index in [9.17, 15) is 4.79 Å². The first-order valence-electron chi connectivity index (χ1n) is 10.9. The Bertz CT molecular complexity index is 1290. The molecule has 1 heterocycles. The SMILES string of the molecule is CCn1c(SCC(=O)N/N=C/c2ccc(OCc3ccccc3)c(OC)c2)nc2ccccc21. The van der Waals surface area contributed by atoms with Gasteiger partial charge in [-0.3, -0.25) is 4.79 Å². The number of carbonyl (C=O) groups excluding carboxylic acids is 1. The van der Waals surface area contributed by atoms with Crippen molar-refractivity contribution in [3.05, 3.63) is 83.9 Å². The maximum absolute atomic E-state index is 12.3. The number of ether oxygens (including phenoxy) is 2. The van der Waals surface area contributed by atoms with Crippen LogP contribution in [-0.2, 0) is 17.9 Å². The molecule has 0 bridgehead atoms. The summed E-state index contributed by atoms with van der Waals surface area (Å²) < 4.78 is 13.4. The second-order valence-corrected chi connectivity index (χ2v) is 8.34. The van der Waals surface area contributed by atoms with Crippen LogP contribution in [0.5, 0.6) is 11.5 Å². The molecule has 0 aliphatic heterocycles. The van der Waals surface area contributed by atoms with Gasteiger partial charge in [0.2, 0.25) is 0 Å². The van der Waals surface area contributed by atoms with Gasteiger partial charge < -0.3 is 14.0 Å². The number of methoxy groups -OCH3 is 1. The number of thioether (sulfide) groups is 1. The van der Waals surface area contributed by atoms with Crippen LogP contribution in [0.4, 0.5) is 0 Å². The van der Waals surface area contributed by atoms with E-state index < -0.39 is 0 Å². The van der Waals surface area contributed by atoms with Crippen molar-refractivity contribution in [3.8, 4) is 11.5 Å². The monoisotopic (exact) mass is 474 g/mol. The van der Waals surface area contributed by atoms with E-state index >= 15 is 0 Å². The van der Waals surface area contributed by atoms with E-state index in [1.165, 1.54) is 11.8 Å². The Labute approximate surface area is 202 Å². The number of hydrogen-bond acceptors (Lipinski definition) is 6. The highest BCUT2D eigenvalue weighted by Gasteiger charge is 2.11. The first kappa shape index (κ1) is 23.4. The minimum absolute atomic E-state index is 0.203. The van der Waals surface area contributed by atoms with Gasteiger partial charge in [-0.2, -0.15) is 5.10 Å². The van der Waals surface area contributed by atoms with Gasteiger partial charge in [-0.1, -0.05) is 54.2 Å². The van der Waals surface area contributed by atoms with Crippen molar-refractivity contribution < 1.29 is 14.3 Å². The van der Waals surface area contributed by atoms with Gasteiger partial charge in [0.1, 0.15) is 6.61 Å². The van der Waals surface area contributed by atoms with Crippen LogP contribution in [0.2, 0.25) is 0 Å². The van der Waals surface area contributed by atoms with Crippen molar-refractivity contribution >= 4 is 34.9 Å². The Morgan fingerprint density at radius 2 is 1.88 bits per heavy atom. The molecule has 7 nitrogen and oxygen atoms in total. The molecule has 4 aromatic rings. The van der Waals surface area contributed by atoms with Crippen molar-refractivity contribution in [1.82, 2.24) is 15.0 Å². The summed E-state index contributed by atoms with van der Waals surface area (Å²) in [7, 11) is 1.59. The summed E-state index contributed by atoms with van der Waals surface area (Å²) in [5.41, 5.74) is 6.42. The van der Waals surface area contributed by atoms with Crippen LogP contribution < -0.4 is 14.9 Å². The van der Waals surface area contributed by atoms with Crippen LogP contribution in [0, 0.1) is 0 Å². The lowest BCUT2D eigenvalue weighted by atomic mass is 10.2. The molecule has 0 saturated carbocycles. The summed E-state index contributed by atoms with van der Waals surface area (Å²) in [6.07, 6.45) is 1.58. The highest BCUT2D eigenvalue weighted by Crippen LogP contribution is 2.28. The zero-order valence-electron chi connectivity index (χ0n) is 19.1. The maximum atomic E-state index is 12.3. The van der Waals surface area contributed by atoms with Crippen LogP contribution in [0.15, 0.2) is 83.1 Å². The van der Waals surface area contributed by atoms with Gasteiger partial charge in [-0.05, 0) is 48.4 Å². The average Bonchev–Trinajstić information content (AvgIpc) is 3.24. The van der Waals surface area contributed by atoms with Crippen LogP contribution in [0.25, 0.3) is 11.0 Å². The maximum Gasteiger partial charge on any atom is 0.250 e. The van der Waals surface area contributed by atoms with E-state index in [0.717, 1.165) is 33.9 Å². The quantitative estimate of drug-likeness (QED) is 0.201. The predicted molar refractivity (Wildman–Crippen MR) is 136 cm³/mol. The highest BCUT2D eigenvalue weighted by molar-refractivity contribution is 7.99. The molecule has 1 aromatic heterocycles. The molecular formula is C26H26N4O3S. The van der Waals surface area contributed by atoms with E-state index in [2.05, 4.69) is 27.0 Å². The average molecular weight is 475 g/mol. The van der Waals surface area contributed by atoms with E-state index in [1.54, 1.807) is 13.3 Å². The fraction of sp³-hybridized carbons (Fsp3) is 0.192. The Morgan fingerprint density at radius 1 is 1.09 bits per heavy atom. The largest absolute Gasteiger partial charge is 0.493 e. The number of nitrogens with one attached hydrogen (secondary N) is 1. The number of fused-ring (bicyclic) bond motifs is 1. The van der Waals surface area contributed by atoms with Crippen molar-refractivity contribution in [2.45, 2.75) is 25.2 Å². The summed E-state index contributed by atoms with van der Waals surface area (Å²) in [6, 6.07) is 23.4. The third kappa shape index (κ3) is 5.77. The van der Waals surface area contributed by atoms with Crippen molar-refractivity contribution in [2.75, 3.05) is 12.9 Å². The van der Waals surface area contributed by atoms with Gasteiger partial charge in [0, 0.05) is 6.54 Å². The molecule has 0 aliphatic carbocycles. The summed E-state index contributed by atoms with van der Waals surface area (Å²) in [5, 5.41) is 4.89. The molecule has 0 unspecified atom stereocenters. The second kappa shape index (κ2) is 11.4. The van der Waals surface area contributed by atoms with E-state index in [1.807, 2.05) is 72.8 Å². The lowest BCUT2D eigenvalue weighted by Crippen LogP contribution is -2.20. The van der Waals surface area contributed by atoms with Gasteiger partial charge in [0.15, 0.2) is 16.7 Å². The van der Waals surface area contributed by atoms with Crippen LogP contribution in [-0.4, -0.2) is 34.5 Å². The summed E-state index contributed by atoms with van der Waals surface area (Å²) in [6.45, 7) is 3.30. The fourth-order valence-corrected chi connectivity index (χ4v) is 4.30. The third-order valence-electron chi connectivity index (χ3n) is 5.10. The smallest absolute Gasteiger partial charge is 0.250 e. The number of nitrogens with zero attached hydrogens (tertiary/aromatic N) is 3. The second-order valence-electron chi connectivity index (χ2n) is 7.39. The zero-order chi connectivity index (χ0) is 23.8. The van der Waals surface area contributed by atoms with E-state index in [-0.39, 0.29) is 11.7 Å². The summed E-state index contributed by atoms with van der Waals surface area (Å²) in [5.74, 6) is 1.25. The fourth-order valence-electron chi connectivity index (χ4n) is 3.43. The van der Waals surface area contributed by atoms with Gasteiger partial charge in [0.25, 0.3) is 5.91 Å². The van der Waals surface area contributed by atoms with Crippen molar-refractivity contribution in [2.24, 2.45) is 5.10 Å². The van der Waals surface area contributed by atoms with E-state index in [4.69, 9.17) is 9.47 Å². The Morgan fingerprint density at radius 3 is 2.68 bits per heavy atom. The predicted octanol–water partition coefficient (Wildman–Crippen LogP) is 4.89. The number of aromatic nitrogens is 2. The lowest BCUT2D eigenvalue weighted by Gasteiger charge is -2.11. The molecule has 34 heavy (non-hydrogen) atoms. The number of hydrazone groups is 1. The number of benzene rings is 3. The molecule has 4 rings (SSSR count). The van der Waals surface area contributed by atoms with Crippen molar-refractivity contribution in [3.63, 3.8) is 0 Å². The number of hydrogen-bond donors (Lipinski definition) is 1. The molecule has 1 amide bonds. The van der Waals surface area contributed by atoms with Crippen LogP contribution >= 0.6 is 11.8 Å². The number of para-hydroxylation sites is 2. The summed E-state index contributed by atoms with van der Waals surface area (Å²) in [4.78, 5) is 16.9. The third-order valence-corrected chi connectivity index (χ3v) is 6.07. The molecule has 174 valence electrons. The molecule has 1 N–H and O–H groups in total. The highest BCUT2D eigenvalue weighted by atomic mass is 32.2. The first-order valence-corrected chi connectivity index (χ1v) is 11.9. The molecule has 0 fully saturated rings. The number of imidazole rings is 1. The first-order chi connectivity index (χ1) is 16.7. The normalized spacial score (nSPS) is 11.1. The van der Waals surface area contributed by atoms with Gasteiger partial charge in [-0.25, -0.2) is 10.4 Å². The van der Waals surface area contributed by atoms with Crippen molar-refractivity contribution in [1.29, 1.82) is 0 Å². The van der Waals surface area contributed by atoms with Gasteiger partial charge >= 0.3 is 0 Å². The van der Waals surface area contributed by atoms with Crippen LogP contribution in [0.3, 0.4) is 0 Å². The molecule has 0 spiro atoms. The number of amides is 1. The zero-order valence-corrected chi connectivity index (χ0v) is 19.9. The minimum atomic E-state index is -0.203. The van der Waals surface area contributed by atoms with E-state index in [0.29, 0.717) is 18.1 Å². The molecule has 0 saturated heterocycles. The molecule has 0 radical (unpaired) electrons. The lowest BCUT2D eigenvalue weighted by molar-refractivity contribution is -0.118.